The topological polar surface area (TPSA) is 57.3 Å². The molecule has 0 unspecified atom stereocenters. The van der Waals surface area contributed by atoms with E-state index in [0.717, 1.165) is 36.3 Å². The van der Waals surface area contributed by atoms with E-state index in [1.54, 1.807) is 24.4 Å². The maximum atomic E-state index is 12.3. The summed E-state index contributed by atoms with van der Waals surface area (Å²) < 4.78 is 0.831. The molecule has 1 aromatic heterocycles. The highest BCUT2D eigenvalue weighted by molar-refractivity contribution is 9.10. The standard InChI is InChI=1S/C16H16BrClN4O/c17-11-1-3-13(14(18)9-11)16(23)21-15-4-2-12(10-20-15)22-7-5-19-6-8-22/h1-4,9-10,19H,5-8H2,(H,20,21,23). The third-order valence-corrected chi connectivity index (χ3v) is 4.45. The Morgan fingerprint density at radius 2 is 2.04 bits per heavy atom. The molecule has 2 heterocycles. The first-order chi connectivity index (χ1) is 11.1. The lowest BCUT2D eigenvalue weighted by molar-refractivity contribution is 0.102. The van der Waals surface area contributed by atoms with E-state index in [1.807, 2.05) is 12.1 Å². The number of anilines is 2. The summed E-state index contributed by atoms with van der Waals surface area (Å²) in [7, 11) is 0. The molecule has 1 aromatic carbocycles. The number of halogens is 2. The highest BCUT2D eigenvalue weighted by Crippen LogP contribution is 2.22. The van der Waals surface area contributed by atoms with Crippen LogP contribution in [-0.4, -0.2) is 37.1 Å². The van der Waals surface area contributed by atoms with E-state index in [9.17, 15) is 4.79 Å². The lowest BCUT2D eigenvalue weighted by atomic mass is 10.2. The van der Waals surface area contributed by atoms with E-state index in [1.165, 1.54) is 0 Å². The summed E-state index contributed by atoms with van der Waals surface area (Å²) in [6.07, 6.45) is 1.78. The summed E-state index contributed by atoms with van der Waals surface area (Å²) in [4.78, 5) is 18.8. The molecule has 2 aromatic rings. The molecule has 1 fully saturated rings. The summed E-state index contributed by atoms with van der Waals surface area (Å²) in [5, 5.41) is 6.48. The molecular weight excluding hydrogens is 380 g/mol. The van der Waals surface area contributed by atoms with Crippen LogP contribution in [0.5, 0.6) is 0 Å². The Bertz CT molecular complexity index is 702. The molecule has 1 aliphatic rings. The number of benzene rings is 1. The predicted molar refractivity (Wildman–Crippen MR) is 96.4 cm³/mol. The van der Waals surface area contributed by atoms with E-state index in [4.69, 9.17) is 11.6 Å². The lowest BCUT2D eigenvalue weighted by Gasteiger charge is -2.29. The number of rotatable bonds is 3. The fraction of sp³-hybridized carbons (Fsp3) is 0.250. The zero-order chi connectivity index (χ0) is 16.2. The van der Waals surface area contributed by atoms with Crippen molar-refractivity contribution in [2.45, 2.75) is 0 Å². The number of hydrogen-bond donors (Lipinski definition) is 2. The number of piperazine rings is 1. The summed E-state index contributed by atoms with van der Waals surface area (Å²) >= 11 is 9.41. The van der Waals surface area contributed by atoms with Gasteiger partial charge in [0.1, 0.15) is 5.82 Å². The van der Waals surface area contributed by atoms with Crippen molar-refractivity contribution >= 4 is 44.9 Å². The van der Waals surface area contributed by atoms with Gasteiger partial charge >= 0.3 is 0 Å². The van der Waals surface area contributed by atoms with Crippen LogP contribution >= 0.6 is 27.5 Å². The average molecular weight is 396 g/mol. The summed E-state index contributed by atoms with van der Waals surface area (Å²) in [5.41, 5.74) is 1.48. The molecule has 7 heteroatoms. The van der Waals surface area contributed by atoms with Crippen molar-refractivity contribution in [1.29, 1.82) is 0 Å². The number of carbonyl (C=O) groups excluding carboxylic acids is 1. The van der Waals surface area contributed by atoms with Crippen LogP contribution < -0.4 is 15.5 Å². The summed E-state index contributed by atoms with van der Waals surface area (Å²) in [5.74, 6) is 0.234. The minimum Gasteiger partial charge on any atom is -0.368 e. The molecule has 23 heavy (non-hydrogen) atoms. The summed E-state index contributed by atoms with van der Waals surface area (Å²) in [6, 6.07) is 8.93. The van der Waals surface area contributed by atoms with Gasteiger partial charge in [0.25, 0.3) is 5.91 Å². The zero-order valence-electron chi connectivity index (χ0n) is 12.4. The molecule has 0 bridgehead atoms. The van der Waals surface area contributed by atoms with Crippen LogP contribution in [-0.2, 0) is 0 Å². The molecule has 0 spiro atoms. The quantitative estimate of drug-likeness (QED) is 0.838. The number of nitrogens with one attached hydrogen (secondary N) is 2. The van der Waals surface area contributed by atoms with Gasteiger partial charge in [0.2, 0.25) is 0 Å². The predicted octanol–water partition coefficient (Wildman–Crippen LogP) is 3.16. The number of amides is 1. The van der Waals surface area contributed by atoms with Crippen molar-refractivity contribution in [3.63, 3.8) is 0 Å². The molecule has 1 saturated heterocycles. The Hall–Kier alpha value is -1.63. The first-order valence-electron chi connectivity index (χ1n) is 7.31. The molecule has 0 atom stereocenters. The van der Waals surface area contributed by atoms with Gasteiger partial charge in [-0.1, -0.05) is 27.5 Å². The smallest absolute Gasteiger partial charge is 0.258 e. The summed E-state index contributed by atoms with van der Waals surface area (Å²) in [6.45, 7) is 3.87. The first kappa shape index (κ1) is 16.2. The van der Waals surface area contributed by atoms with E-state index in [-0.39, 0.29) is 5.91 Å². The van der Waals surface area contributed by atoms with Crippen molar-refractivity contribution in [1.82, 2.24) is 10.3 Å². The van der Waals surface area contributed by atoms with E-state index in [2.05, 4.69) is 36.4 Å². The monoisotopic (exact) mass is 394 g/mol. The van der Waals surface area contributed by atoms with E-state index < -0.39 is 0 Å². The van der Waals surface area contributed by atoms with Gasteiger partial charge in [0, 0.05) is 30.7 Å². The van der Waals surface area contributed by atoms with E-state index in [0.29, 0.717) is 16.4 Å². The largest absolute Gasteiger partial charge is 0.368 e. The number of hydrogen-bond acceptors (Lipinski definition) is 4. The van der Waals surface area contributed by atoms with Gasteiger partial charge in [-0.2, -0.15) is 0 Å². The number of pyridine rings is 1. The van der Waals surface area contributed by atoms with Crippen molar-refractivity contribution in [2.75, 3.05) is 36.4 Å². The normalized spacial score (nSPS) is 14.6. The van der Waals surface area contributed by atoms with Crippen molar-refractivity contribution < 1.29 is 4.79 Å². The molecule has 2 N–H and O–H groups in total. The number of aromatic nitrogens is 1. The van der Waals surface area contributed by atoms with Gasteiger partial charge in [0.05, 0.1) is 22.5 Å². The average Bonchev–Trinajstić information content (AvgIpc) is 2.56. The second-order valence-corrected chi connectivity index (χ2v) is 6.54. The van der Waals surface area contributed by atoms with Gasteiger partial charge in [0.15, 0.2) is 0 Å². The Balaban J connectivity index is 1.69. The van der Waals surface area contributed by atoms with Gasteiger partial charge in [-0.25, -0.2) is 4.98 Å². The van der Waals surface area contributed by atoms with Crippen LogP contribution in [0.3, 0.4) is 0 Å². The van der Waals surface area contributed by atoms with Gasteiger partial charge in [-0.15, -0.1) is 0 Å². The molecule has 1 amide bonds. The first-order valence-corrected chi connectivity index (χ1v) is 8.49. The Labute approximate surface area is 148 Å². The number of nitrogens with zero attached hydrogens (tertiary/aromatic N) is 2. The molecule has 5 nitrogen and oxygen atoms in total. The van der Waals surface area contributed by atoms with Crippen molar-refractivity contribution in [2.24, 2.45) is 0 Å². The van der Waals surface area contributed by atoms with E-state index >= 15 is 0 Å². The minimum atomic E-state index is -0.273. The molecule has 3 rings (SSSR count). The van der Waals surface area contributed by atoms with Crippen molar-refractivity contribution in [3.05, 3.63) is 51.6 Å². The highest BCUT2D eigenvalue weighted by Gasteiger charge is 2.13. The fourth-order valence-corrected chi connectivity index (χ4v) is 3.19. The number of carbonyl (C=O) groups is 1. The van der Waals surface area contributed by atoms with Crippen LogP contribution in [0.4, 0.5) is 11.5 Å². The van der Waals surface area contributed by atoms with Crippen LogP contribution in [0.25, 0.3) is 0 Å². The third kappa shape index (κ3) is 4.02. The molecule has 0 saturated carbocycles. The molecule has 1 aliphatic heterocycles. The molecular formula is C16H16BrClN4O. The van der Waals surface area contributed by atoms with Crippen LogP contribution in [0.2, 0.25) is 5.02 Å². The Morgan fingerprint density at radius 1 is 1.26 bits per heavy atom. The van der Waals surface area contributed by atoms with Gasteiger partial charge in [-0.05, 0) is 30.3 Å². The van der Waals surface area contributed by atoms with Gasteiger partial charge in [-0.3, -0.25) is 4.79 Å². The van der Waals surface area contributed by atoms with Gasteiger partial charge < -0.3 is 15.5 Å². The third-order valence-electron chi connectivity index (χ3n) is 3.65. The maximum absolute atomic E-state index is 12.3. The Kier molecular flexibility index (Phi) is 5.15. The second kappa shape index (κ2) is 7.29. The van der Waals surface area contributed by atoms with Crippen LogP contribution in [0, 0.1) is 0 Å². The molecule has 0 radical (unpaired) electrons. The molecule has 120 valence electrons. The fourth-order valence-electron chi connectivity index (χ4n) is 2.43. The second-order valence-electron chi connectivity index (χ2n) is 5.22. The molecule has 0 aliphatic carbocycles. The van der Waals surface area contributed by atoms with Crippen LogP contribution in [0.1, 0.15) is 10.4 Å². The lowest BCUT2D eigenvalue weighted by Crippen LogP contribution is -2.43. The maximum Gasteiger partial charge on any atom is 0.258 e. The highest BCUT2D eigenvalue weighted by atomic mass is 79.9. The SMILES string of the molecule is O=C(Nc1ccc(N2CCNCC2)cn1)c1ccc(Br)cc1Cl. The minimum absolute atomic E-state index is 0.273. The zero-order valence-corrected chi connectivity index (χ0v) is 14.7. The Morgan fingerprint density at radius 3 is 2.70 bits per heavy atom. The van der Waals surface area contributed by atoms with Crippen LogP contribution in [0.15, 0.2) is 41.0 Å². The van der Waals surface area contributed by atoms with Crippen molar-refractivity contribution in [3.8, 4) is 0 Å².